The number of hydrogen-bond donors (Lipinski definition) is 1. The molecule has 0 spiro atoms. The maximum Gasteiger partial charge on any atom is 0.249 e. The number of rotatable bonds is 7. The number of carbonyl (C=O) groups is 2. The molecule has 2 amide bonds. The number of methoxy groups -OCH3 is 1. The Bertz CT molecular complexity index is 950. The molecule has 1 N–H and O–H groups in total. The van der Waals surface area contributed by atoms with Crippen LogP contribution in [0.4, 0.5) is 5.69 Å². The Morgan fingerprint density at radius 1 is 1.33 bits per heavy atom. The van der Waals surface area contributed by atoms with Crippen LogP contribution in [0.2, 0.25) is 0 Å². The number of benzene rings is 1. The van der Waals surface area contributed by atoms with Crippen molar-refractivity contribution < 1.29 is 18.8 Å². The second-order valence-corrected chi connectivity index (χ2v) is 8.58. The van der Waals surface area contributed by atoms with Gasteiger partial charge in [0.05, 0.1) is 18.7 Å². The molecule has 2 unspecified atom stereocenters. The van der Waals surface area contributed by atoms with E-state index >= 15 is 0 Å². The van der Waals surface area contributed by atoms with Gasteiger partial charge in [0.1, 0.15) is 11.8 Å². The minimum absolute atomic E-state index is 0.0755. The van der Waals surface area contributed by atoms with Crippen molar-refractivity contribution in [1.82, 2.24) is 15.5 Å². The predicted octanol–water partition coefficient (Wildman–Crippen LogP) is 3.13. The summed E-state index contributed by atoms with van der Waals surface area (Å²) >= 11 is 0. The van der Waals surface area contributed by atoms with Gasteiger partial charge in [-0.3, -0.25) is 9.59 Å². The van der Waals surface area contributed by atoms with Gasteiger partial charge in [-0.1, -0.05) is 25.1 Å². The third-order valence-corrected chi connectivity index (χ3v) is 5.75. The SMILES string of the molecule is COc1ccc(C)cc1N1CC(C(=O)NC(c2nc(C3CC3)no2)C(C)C)CC1=O. The maximum absolute atomic E-state index is 13.0. The Balaban J connectivity index is 1.48. The summed E-state index contributed by atoms with van der Waals surface area (Å²) < 4.78 is 10.9. The van der Waals surface area contributed by atoms with Gasteiger partial charge in [0.2, 0.25) is 17.7 Å². The summed E-state index contributed by atoms with van der Waals surface area (Å²) in [4.78, 5) is 31.8. The van der Waals surface area contributed by atoms with E-state index in [9.17, 15) is 9.59 Å². The molecule has 30 heavy (non-hydrogen) atoms. The largest absolute Gasteiger partial charge is 0.495 e. The second kappa shape index (κ2) is 8.08. The summed E-state index contributed by atoms with van der Waals surface area (Å²) in [6.45, 7) is 6.26. The number of ether oxygens (including phenoxy) is 1. The van der Waals surface area contributed by atoms with Crippen molar-refractivity contribution in [2.45, 2.75) is 52.0 Å². The first kappa shape index (κ1) is 20.4. The van der Waals surface area contributed by atoms with Gasteiger partial charge < -0.3 is 19.5 Å². The van der Waals surface area contributed by atoms with Crippen molar-refractivity contribution in [3.8, 4) is 5.75 Å². The molecule has 1 saturated heterocycles. The highest BCUT2D eigenvalue weighted by atomic mass is 16.5. The Hall–Kier alpha value is -2.90. The van der Waals surface area contributed by atoms with Gasteiger partial charge in [-0.15, -0.1) is 0 Å². The first-order chi connectivity index (χ1) is 14.4. The molecule has 8 heteroatoms. The van der Waals surface area contributed by atoms with Crippen LogP contribution < -0.4 is 15.0 Å². The fourth-order valence-corrected chi connectivity index (χ4v) is 3.79. The highest BCUT2D eigenvalue weighted by molar-refractivity contribution is 6.01. The van der Waals surface area contributed by atoms with Crippen molar-refractivity contribution in [1.29, 1.82) is 0 Å². The molecule has 0 radical (unpaired) electrons. The third kappa shape index (κ3) is 4.04. The van der Waals surface area contributed by atoms with Gasteiger partial charge in [-0.2, -0.15) is 4.98 Å². The Labute approximate surface area is 176 Å². The molecule has 1 aliphatic heterocycles. The van der Waals surface area contributed by atoms with Crippen molar-refractivity contribution in [2.24, 2.45) is 11.8 Å². The van der Waals surface area contributed by atoms with Crippen molar-refractivity contribution in [2.75, 3.05) is 18.6 Å². The predicted molar refractivity (Wildman–Crippen MR) is 110 cm³/mol. The maximum atomic E-state index is 13.0. The highest BCUT2D eigenvalue weighted by Crippen LogP contribution is 2.39. The molecule has 1 aromatic heterocycles. The Morgan fingerprint density at radius 2 is 2.10 bits per heavy atom. The van der Waals surface area contributed by atoms with Gasteiger partial charge in [-0.05, 0) is 43.4 Å². The smallest absolute Gasteiger partial charge is 0.249 e. The quantitative estimate of drug-likeness (QED) is 0.750. The zero-order chi connectivity index (χ0) is 21.4. The zero-order valence-electron chi connectivity index (χ0n) is 17.8. The van der Waals surface area contributed by atoms with E-state index in [1.807, 2.05) is 39.0 Å². The Kier molecular flexibility index (Phi) is 5.49. The lowest BCUT2D eigenvalue weighted by atomic mass is 10.0. The van der Waals surface area contributed by atoms with Crippen LogP contribution in [0.1, 0.15) is 62.3 Å². The monoisotopic (exact) mass is 412 g/mol. The number of nitrogens with zero attached hydrogens (tertiary/aromatic N) is 3. The first-order valence-corrected chi connectivity index (χ1v) is 10.5. The molecule has 2 heterocycles. The molecule has 1 saturated carbocycles. The standard InChI is InChI=1S/C22H28N4O4/c1-12(2)19(22-24-20(25-30-22)14-6-7-14)23-21(28)15-10-18(27)26(11-15)16-9-13(3)5-8-17(16)29-4/h5,8-9,12,14-15,19H,6-7,10-11H2,1-4H3,(H,23,28). The van der Waals surface area contributed by atoms with E-state index in [-0.39, 0.29) is 30.2 Å². The summed E-state index contributed by atoms with van der Waals surface area (Å²) in [6, 6.07) is 5.30. The van der Waals surface area contributed by atoms with Crippen LogP contribution in [0.3, 0.4) is 0 Å². The van der Waals surface area contributed by atoms with Crippen LogP contribution >= 0.6 is 0 Å². The fourth-order valence-electron chi connectivity index (χ4n) is 3.79. The summed E-state index contributed by atoms with van der Waals surface area (Å²) in [7, 11) is 1.58. The lowest BCUT2D eigenvalue weighted by Crippen LogP contribution is -2.37. The van der Waals surface area contributed by atoms with E-state index in [1.165, 1.54) is 0 Å². The molecule has 1 aliphatic carbocycles. The molecule has 4 rings (SSSR count). The van der Waals surface area contributed by atoms with Gasteiger partial charge >= 0.3 is 0 Å². The van der Waals surface area contributed by atoms with Crippen LogP contribution in [-0.4, -0.2) is 35.6 Å². The van der Waals surface area contributed by atoms with E-state index in [2.05, 4.69) is 15.5 Å². The van der Waals surface area contributed by atoms with Crippen LogP contribution in [0, 0.1) is 18.8 Å². The van der Waals surface area contributed by atoms with Gasteiger partial charge in [0, 0.05) is 18.9 Å². The summed E-state index contributed by atoms with van der Waals surface area (Å²) in [5.74, 6) is 1.52. The summed E-state index contributed by atoms with van der Waals surface area (Å²) in [5.41, 5.74) is 1.72. The van der Waals surface area contributed by atoms with Crippen LogP contribution in [0.25, 0.3) is 0 Å². The molecule has 1 aromatic carbocycles. The first-order valence-electron chi connectivity index (χ1n) is 10.5. The van der Waals surface area contributed by atoms with E-state index < -0.39 is 5.92 Å². The number of carbonyl (C=O) groups excluding carboxylic acids is 2. The average molecular weight is 412 g/mol. The molecule has 0 bridgehead atoms. The molecule has 160 valence electrons. The van der Waals surface area contributed by atoms with Crippen LogP contribution in [-0.2, 0) is 9.59 Å². The van der Waals surface area contributed by atoms with Crippen LogP contribution in [0.5, 0.6) is 5.75 Å². The molecule has 2 aliphatic rings. The fraction of sp³-hybridized carbons (Fsp3) is 0.545. The third-order valence-electron chi connectivity index (χ3n) is 5.75. The number of aromatic nitrogens is 2. The van der Waals surface area contributed by atoms with Gasteiger partial charge in [0.25, 0.3) is 0 Å². The normalized spacial score (nSPS) is 20.0. The molecule has 2 fully saturated rings. The van der Waals surface area contributed by atoms with Gasteiger partial charge in [0.15, 0.2) is 5.82 Å². The Morgan fingerprint density at radius 3 is 2.77 bits per heavy atom. The topological polar surface area (TPSA) is 97.6 Å². The van der Waals surface area contributed by atoms with E-state index in [0.29, 0.717) is 29.8 Å². The van der Waals surface area contributed by atoms with Crippen molar-refractivity contribution in [3.05, 3.63) is 35.5 Å². The minimum Gasteiger partial charge on any atom is -0.495 e. The second-order valence-electron chi connectivity index (χ2n) is 8.58. The molecule has 2 atom stereocenters. The molecular formula is C22H28N4O4. The lowest BCUT2D eigenvalue weighted by Gasteiger charge is -2.22. The number of amides is 2. The minimum atomic E-state index is -0.449. The summed E-state index contributed by atoms with van der Waals surface area (Å²) in [6.07, 6.45) is 2.32. The molecular weight excluding hydrogens is 384 g/mol. The zero-order valence-corrected chi connectivity index (χ0v) is 17.8. The number of aryl methyl sites for hydroxylation is 1. The highest BCUT2D eigenvalue weighted by Gasteiger charge is 2.38. The number of anilines is 1. The lowest BCUT2D eigenvalue weighted by molar-refractivity contribution is -0.127. The summed E-state index contributed by atoms with van der Waals surface area (Å²) in [5, 5.41) is 7.10. The van der Waals surface area contributed by atoms with Crippen molar-refractivity contribution >= 4 is 17.5 Å². The van der Waals surface area contributed by atoms with E-state index in [0.717, 1.165) is 24.2 Å². The van der Waals surface area contributed by atoms with Crippen LogP contribution in [0.15, 0.2) is 22.7 Å². The molecule has 2 aromatic rings. The number of hydrogen-bond acceptors (Lipinski definition) is 6. The van der Waals surface area contributed by atoms with Crippen molar-refractivity contribution in [3.63, 3.8) is 0 Å². The van der Waals surface area contributed by atoms with Gasteiger partial charge in [-0.25, -0.2) is 0 Å². The van der Waals surface area contributed by atoms with E-state index in [4.69, 9.17) is 9.26 Å². The average Bonchev–Trinajstić information content (AvgIpc) is 3.32. The van der Waals surface area contributed by atoms with E-state index in [1.54, 1.807) is 12.0 Å². The number of nitrogens with one attached hydrogen (secondary N) is 1. The molecule has 8 nitrogen and oxygen atoms in total.